The Morgan fingerprint density at radius 3 is 2.89 bits per heavy atom. The number of hydrogen-bond acceptors (Lipinski definition) is 8. The van der Waals surface area contributed by atoms with E-state index in [0.29, 0.717) is 19.2 Å². The number of nitrogen functional groups attached to an aromatic ring is 1. The predicted molar refractivity (Wildman–Crippen MR) is 60.0 cm³/mol. The van der Waals surface area contributed by atoms with E-state index < -0.39 is 0 Å². The first-order valence-electron chi connectivity index (χ1n) is 5.30. The zero-order valence-electron chi connectivity index (χ0n) is 9.35. The molecule has 0 atom stereocenters. The minimum atomic E-state index is -0.0198. The molecule has 0 unspecified atom stereocenters. The van der Waals surface area contributed by atoms with Crippen molar-refractivity contribution in [1.29, 1.82) is 0 Å². The van der Waals surface area contributed by atoms with Crippen molar-refractivity contribution in [3.05, 3.63) is 18.7 Å². The molecule has 3 rings (SSSR count). The highest BCUT2D eigenvalue weighted by Gasteiger charge is 2.22. The van der Waals surface area contributed by atoms with Gasteiger partial charge in [0.2, 0.25) is 11.9 Å². The van der Waals surface area contributed by atoms with Gasteiger partial charge >= 0.3 is 6.01 Å². The molecule has 0 aliphatic carbocycles. The van der Waals surface area contributed by atoms with Gasteiger partial charge in [-0.3, -0.25) is 9.99 Å². The molecular formula is C9H11N7O2. The summed E-state index contributed by atoms with van der Waals surface area (Å²) < 4.78 is 12.2. The topological polar surface area (TPSA) is 113 Å². The van der Waals surface area contributed by atoms with Crippen molar-refractivity contribution in [2.45, 2.75) is 6.10 Å². The molecule has 2 aromatic heterocycles. The minimum Gasteiger partial charge on any atom is -0.455 e. The van der Waals surface area contributed by atoms with Crippen LogP contribution in [0.15, 0.2) is 18.7 Å². The monoisotopic (exact) mass is 249 g/mol. The van der Waals surface area contributed by atoms with Crippen LogP contribution in [-0.2, 0) is 4.74 Å². The van der Waals surface area contributed by atoms with E-state index >= 15 is 0 Å². The number of nitrogens with zero attached hydrogens (tertiary/aromatic N) is 5. The molecule has 1 aliphatic rings. The molecule has 3 heterocycles. The van der Waals surface area contributed by atoms with Crippen molar-refractivity contribution in [3.8, 4) is 12.0 Å². The van der Waals surface area contributed by atoms with Crippen LogP contribution in [0, 0.1) is 0 Å². The Labute approximate surface area is 102 Å². The van der Waals surface area contributed by atoms with Gasteiger partial charge in [0.1, 0.15) is 12.4 Å². The van der Waals surface area contributed by atoms with Gasteiger partial charge in [0.15, 0.2) is 0 Å². The second-order valence-corrected chi connectivity index (χ2v) is 3.63. The van der Waals surface area contributed by atoms with Gasteiger partial charge < -0.3 is 9.47 Å². The maximum atomic E-state index is 5.51. The molecule has 0 amide bonds. The lowest BCUT2D eigenvalue weighted by Gasteiger charge is -2.25. The molecule has 3 N–H and O–H groups in total. The quantitative estimate of drug-likeness (QED) is 0.530. The lowest BCUT2D eigenvalue weighted by atomic mass is 10.3. The summed E-state index contributed by atoms with van der Waals surface area (Å²) in [7, 11) is 0. The number of hydrogen-bond donors (Lipinski definition) is 2. The fourth-order valence-electron chi connectivity index (χ4n) is 1.39. The Hall–Kier alpha value is -2.26. The first-order chi connectivity index (χ1) is 8.85. The van der Waals surface area contributed by atoms with Gasteiger partial charge in [-0.2, -0.15) is 15.0 Å². The highest BCUT2D eigenvalue weighted by atomic mass is 16.6. The molecule has 1 aliphatic heterocycles. The summed E-state index contributed by atoms with van der Waals surface area (Å²) in [5, 5.41) is 0. The summed E-state index contributed by atoms with van der Waals surface area (Å²) in [4.78, 5) is 16.2. The van der Waals surface area contributed by atoms with Gasteiger partial charge in [0.05, 0.1) is 13.2 Å². The third-order valence-corrected chi connectivity index (χ3v) is 2.35. The molecule has 1 saturated heterocycles. The second kappa shape index (κ2) is 4.55. The number of anilines is 1. The summed E-state index contributed by atoms with van der Waals surface area (Å²) in [5.41, 5.74) is 2.37. The van der Waals surface area contributed by atoms with Crippen LogP contribution >= 0.6 is 0 Å². The minimum absolute atomic E-state index is 0.0198. The van der Waals surface area contributed by atoms with Gasteiger partial charge in [-0.25, -0.2) is 10.8 Å². The van der Waals surface area contributed by atoms with Gasteiger partial charge in [0.25, 0.3) is 0 Å². The molecule has 2 aromatic rings. The van der Waals surface area contributed by atoms with Crippen molar-refractivity contribution in [2.75, 3.05) is 18.6 Å². The van der Waals surface area contributed by atoms with Crippen molar-refractivity contribution in [3.63, 3.8) is 0 Å². The van der Waals surface area contributed by atoms with E-state index in [2.05, 4.69) is 25.4 Å². The molecule has 0 bridgehead atoms. The normalized spacial score (nSPS) is 15.2. The SMILES string of the molecule is NNc1nc(OC2COC2)nc(-n2ccnc2)n1. The lowest BCUT2D eigenvalue weighted by molar-refractivity contribution is -0.0831. The van der Waals surface area contributed by atoms with E-state index in [0.717, 1.165) is 0 Å². The van der Waals surface area contributed by atoms with Crippen LogP contribution < -0.4 is 16.0 Å². The maximum Gasteiger partial charge on any atom is 0.323 e. The molecule has 94 valence electrons. The van der Waals surface area contributed by atoms with E-state index in [1.807, 2.05) is 0 Å². The van der Waals surface area contributed by atoms with E-state index in [1.165, 1.54) is 0 Å². The number of imidazole rings is 1. The molecule has 18 heavy (non-hydrogen) atoms. The number of aromatic nitrogens is 5. The van der Waals surface area contributed by atoms with E-state index in [9.17, 15) is 0 Å². The molecule has 0 aromatic carbocycles. The summed E-state index contributed by atoms with van der Waals surface area (Å²) >= 11 is 0. The fraction of sp³-hybridized carbons (Fsp3) is 0.333. The smallest absolute Gasteiger partial charge is 0.323 e. The van der Waals surface area contributed by atoms with Crippen LogP contribution in [0.1, 0.15) is 0 Å². The fourth-order valence-corrected chi connectivity index (χ4v) is 1.39. The van der Waals surface area contributed by atoms with Crippen LogP contribution in [0.3, 0.4) is 0 Å². The van der Waals surface area contributed by atoms with E-state index in [-0.39, 0.29) is 18.1 Å². The standard InChI is InChI=1S/C9H11N7O2/c10-15-7-12-8(16-2-1-11-5-16)14-9(13-7)18-6-3-17-4-6/h1-2,5-6H,3-4,10H2,(H,12,13,14,15). The van der Waals surface area contributed by atoms with Gasteiger partial charge in [-0.15, -0.1) is 0 Å². The third-order valence-electron chi connectivity index (χ3n) is 2.35. The number of ether oxygens (including phenoxy) is 2. The van der Waals surface area contributed by atoms with Crippen LogP contribution in [0.5, 0.6) is 6.01 Å². The number of hydrazine groups is 1. The number of nitrogens with one attached hydrogen (secondary N) is 1. The lowest BCUT2D eigenvalue weighted by Crippen LogP contribution is -2.39. The van der Waals surface area contributed by atoms with Gasteiger partial charge in [-0.05, 0) is 0 Å². The largest absolute Gasteiger partial charge is 0.455 e. The van der Waals surface area contributed by atoms with Gasteiger partial charge in [-0.1, -0.05) is 0 Å². The first kappa shape index (κ1) is 10.9. The summed E-state index contributed by atoms with van der Waals surface area (Å²) in [5.74, 6) is 5.92. The van der Waals surface area contributed by atoms with Crippen molar-refractivity contribution >= 4 is 5.95 Å². The van der Waals surface area contributed by atoms with Crippen LogP contribution in [0.2, 0.25) is 0 Å². The molecule has 1 fully saturated rings. The molecule has 9 heteroatoms. The predicted octanol–water partition coefficient (Wildman–Crippen LogP) is -0.879. The summed E-state index contributed by atoms with van der Waals surface area (Å²) in [6, 6.07) is 0.204. The second-order valence-electron chi connectivity index (χ2n) is 3.63. The zero-order chi connectivity index (χ0) is 12.4. The molecule has 0 spiro atoms. The Balaban J connectivity index is 1.90. The van der Waals surface area contributed by atoms with Crippen LogP contribution in [0.4, 0.5) is 5.95 Å². The highest BCUT2D eigenvalue weighted by Crippen LogP contribution is 2.14. The van der Waals surface area contributed by atoms with Crippen LogP contribution in [-0.4, -0.2) is 43.8 Å². The van der Waals surface area contributed by atoms with Crippen molar-refractivity contribution < 1.29 is 9.47 Å². The number of nitrogens with two attached hydrogens (primary N) is 1. The molecular weight excluding hydrogens is 238 g/mol. The average molecular weight is 249 g/mol. The zero-order valence-corrected chi connectivity index (χ0v) is 9.35. The van der Waals surface area contributed by atoms with Crippen molar-refractivity contribution in [1.82, 2.24) is 24.5 Å². The first-order valence-corrected chi connectivity index (χ1v) is 5.30. The van der Waals surface area contributed by atoms with Crippen LogP contribution in [0.25, 0.3) is 5.95 Å². The molecule has 0 radical (unpaired) electrons. The molecule has 0 saturated carbocycles. The Kier molecular flexibility index (Phi) is 2.74. The van der Waals surface area contributed by atoms with E-state index in [4.69, 9.17) is 15.3 Å². The van der Waals surface area contributed by atoms with Gasteiger partial charge in [0, 0.05) is 12.4 Å². The Morgan fingerprint density at radius 2 is 2.28 bits per heavy atom. The molecule has 9 nitrogen and oxygen atoms in total. The Bertz CT molecular complexity index is 526. The number of rotatable bonds is 4. The average Bonchev–Trinajstić information content (AvgIpc) is 2.87. The van der Waals surface area contributed by atoms with Crippen molar-refractivity contribution in [2.24, 2.45) is 5.84 Å². The maximum absolute atomic E-state index is 5.51. The summed E-state index contributed by atoms with van der Waals surface area (Å²) in [6.45, 7) is 1.08. The Morgan fingerprint density at radius 1 is 1.39 bits per heavy atom. The van der Waals surface area contributed by atoms with E-state index in [1.54, 1.807) is 23.3 Å². The third kappa shape index (κ3) is 2.08. The highest BCUT2D eigenvalue weighted by molar-refractivity contribution is 5.28. The summed E-state index contributed by atoms with van der Waals surface area (Å²) in [6.07, 6.45) is 4.89.